The summed E-state index contributed by atoms with van der Waals surface area (Å²) in [6.45, 7) is 0. The largest absolute Gasteiger partial charge is 0.349 e. The molecular weight excluding hydrogens is 280 g/mol. The maximum absolute atomic E-state index is 11.9. The van der Waals surface area contributed by atoms with Gasteiger partial charge in [0.2, 0.25) is 0 Å². The zero-order valence-corrected chi connectivity index (χ0v) is 11.2. The van der Waals surface area contributed by atoms with Crippen LogP contribution in [0.5, 0.6) is 0 Å². The first-order chi connectivity index (χ1) is 10.7. The monoisotopic (exact) mass is 288 g/mol. The van der Waals surface area contributed by atoms with Gasteiger partial charge in [-0.1, -0.05) is 36.4 Å². The summed E-state index contributed by atoms with van der Waals surface area (Å²) in [5.74, 6) is 0. The average molecular weight is 288 g/mol. The van der Waals surface area contributed by atoms with Gasteiger partial charge in [0.1, 0.15) is 0 Å². The molecule has 0 saturated carbocycles. The lowest BCUT2D eigenvalue weighted by molar-refractivity contribution is 1.06. The molecular formula is C16H8N4O2. The number of benzene rings is 2. The van der Waals surface area contributed by atoms with E-state index in [9.17, 15) is 9.59 Å². The SMILES string of the molecule is O=c1nc2[nH]c3c4cccc5cccc(c3nc2c(=O)[nH]1)c54. The van der Waals surface area contributed by atoms with Crippen LogP contribution in [0.3, 0.4) is 0 Å². The van der Waals surface area contributed by atoms with Crippen LogP contribution < -0.4 is 11.2 Å². The molecule has 0 aliphatic carbocycles. The summed E-state index contributed by atoms with van der Waals surface area (Å²) in [6.07, 6.45) is 0. The molecule has 0 aliphatic rings. The Labute approximate surface area is 121 Å². The molecule has 0 atom stereocenters. The Hall–Kier alpha value is -3.28. The number of aromatic nitrogens is 4. The molecule has 0 unspecified atom stereocenters. The number of aromatic amines is 2. The molecule has 0 fully saturated rings. The van der Waals surface area contributed by atoms with Gasteiger partial charge in [0.15, 0.2) is 11.2 Å². The maximum atomic E-state index is 11.9. The van der Waals surface area contributed by atoms with E-state index in [1.807, 2.05) is 36.4 Å². The van der Waals surface area contributed by atoms with E-state index in [4.69, 9.17) is 0 Å². The fraction of sp³-hybridized carbons (Fsp3) is 0. The minimum atomic E-state index is -0.677. The fourth-order valence-electron chi connectivity index (χ4n) is 3.12. The molecule has 22 heavy (non-hydrogen) atoms. The van der Waals surface area contributed by atoms with Crippen LogP contribution in [0.4, 0.5) is 0 Å². The van der Waals surface area contributed by atoms with E-state index in [1.165, 1.54) is 0 Å². The Morgan fingerprint density at radius 1 is 0.818 bits per heavy atom. The van der Waals surface area contributed by atoms with E-state index in [0.717, 1.165) is 27.1 Å². The second-order valence-corrected chi connectivity index (χ2v) is 5.24. The summed E-state index contributed by atoms with van der Waals surface area (Å²) in [5.41, 5.74) is 0.643. The molecule has 2 N–H and O–H groups in total. The van der Waals surface area contributed by atoms with Crippen LogP contribution in [0.15, 0.2) is 46.0 Å². The van der Waals surface area contributed by atoms with Gasteiger partial charge >= 0.3 is 5.69 Å². The van der Waals surface area contributed by atoms with Crippen LogP contribution in [0.2, 0.25) is 0 Å². The van der Waals surface area contributed by atoms with Gasteiger partial charge in [0.05, 0.1) is 11.0 Å². The van der Waals surface area contributed by atoms with Gasteiger partial charge in [-0.2, -0.15) is 4.98 Å². The molecule has 6 nitrogen and oxygen atoms in total. The summed E-state index contributed by atoms with van der Waals surface area (Å²) in [4.78, 5) is 36.9. The molecule has 6 heteroatoms. The zero-order chi connectivity index (χ0) is 14.8. The minimum Gasteiger partial charge on any atom is -0.336 e. The molecule has 5 aromatic rings. The molecule has 2 aromatic heterocycles. The first-order valence-corrected chi connectivity index (χ1v) is 6.79. The van der Waals surface area contributed by atoms with E-state index in [1.54, 1.807) is 0 Å². The zero-order valence-electron chi connectivity index (χ0n) is 11.2. The standard InChI is InChI=1S/C16H8N4O2/c21-15-13-14(19-16(22)20-15)18-12-9-6-2-4-7-3-1-5-8(10(7)9)11(12)17-13/h1-6H,(H2,18,19,20,21,22). The normalized spacial score (nSPS) is 12.0. The molecule has 0 bridgehead atoms. The van der Waals surface area contributed by atoms with Crippen molar-refractivity contribution in [1.82, 2.24) is 19.9 Å². The molecule has 0 radical (unpaired) electrons. The van der Waals surface area contributed by atoms with Gasteiger partial charge in [-0.15, -0.1) is 0 Å². The van der Waals surface area contributed by atoms with E-state index in [2.05, 4.69) is 19.9 Å². The highest BCUT2D eigenvalue weighted by atomic mass is 16.2. The van der Waals surface area contributed by atoms with Crippen molar-refractivity contribution in [3.05, 3.63) is 57.2 Å². The molecule has 0 spiro atoms. The second kappa shape index (κ2) is 3.67. The van der Waals surface area contributed by atoms with Gasteiger partial charge in [-0.05, 0) is 5.39 Å². The van der Waals surface area contributed by atoms with Crippen LogP contribution in [0.25, 0.3) is 43.7 Å². The number of rotatable bonds is 0. The molecule has 5 rings (SSSR count). The number of H-pyrrole nitrogens is 2. The van der Waals surface area contributed by atoms with Crippen LogP contribution in [0, 0.1) is 0 Å². The Bertz CT molecular complexity index is 1310. The summed E-state index contributed by atoms with van der Waals surface area (Å²) < 4.78 is 0. The number of nitrogens with zero attached hydrogens (tertiary/aromatic N) is 2. The van der Waals surface area contributed by atoms with E-state index < -0.39 is 11.2 Å². The predicted octanol–water partition coefficient (Wildman–Crippen LogP) is 1.90. The van der Waals surface area contributed by atoms with E-state index in [0.29, 0.717) is 5.52 Å². The summed E-state index contributed by atoms with van der Waals surface area (Å²) in [5, 5.41) is 4.19. The summed E-state index contributed by atoms with van der Waals surface area (Å²) >= 11 is 0. The summed E-state index contributed by atoms with van der Waals surface area (Å²) in [6, 6.07) is 12.0. The van der Waals surface area contributed by atoms with Crippen molar-refractivity contribution in [3.63, 3.8) is 0 Å². The average Bonchev–Trinajstić information content (AvgIpc) is 2.82. The topological polar surface area (TPSA) is 91.5 Å². The Morgan fingerprint density at radius 2 is 1.59 bits per heavy atom. The number of hydrogen-bond donors (Lipinski definition) is 2. The highest BCUT2D eigenvalue weighted by Crippen LogP contribution is 2.36. The first kappa shape index (κ1) is 11.4. The number of fused-ring (bicyclic) bond motifs is 4. The van der Waals surface area contributed by atoms with Crippen molar-refractivity contribution in [2.45, 2.75) is 0 Å². The maximum Gasteiger partial charge on any atom is 0.349 e. The highest BCUT2D eigenvalue weighted by Gasteiger charge is 2.15. The van der Waals surface area contributed by atoms with Gasteiger partial charge in [0, 0.05) is 16.2 Å². The van der Waals surface area contributed by atoms with Crippen molar-refractivity contribution in [2.24, 2.45) is 0 Å². The van der Waals surface area contributed by atoms with Gasteiger partial charge in [-0.25, -0.2) is 9.78 Å². The lowest BCUT2D eigenvalue weighted by Gasteiger charge is -1.97. The predicted molar refractivity (Wildman–Crippen MR) is 84.5 cm³/mol. The molecule has 0 aliphatic heterocycles. The lowest BCUT2D eigenvalue weighted by atomic mass is 10.1. The van der Waals surface area contributed by atoms with Gasteiger partial charge < -0.3 is 4.98 Å². The quantitative estimate of drug-likeness (QED) is 0.455. The van der Waals surface area contributed by atoms with Crippen LogP contribution >= 0.6 is 0 Å². The van der Waals surface area contributed by atoms with E-state index in [-0.39, 0.29) is 11.2 Å². The smallest absolute Gasteiger partial charge is 0.336 e. The Morgan fingerprint density at radius 3 is 2.41 bits per heavy atom. The highest BCUT2D eigenvalue weighted by molar-refractivity contribution is 6.28. The third-order valence-electron chi connectivity index (χ3n) is 4.01. The van der Waals surface area contributed by atoms with Crippen molar-refractivity contribution in [2.75, 3.05) is 0 Å². The molecule has 0 saturated heterocycles. The van der Waals surface area contributed by atoms with Crippen molar-refractivity contribution < 1.29 is 0 Å². The molecule has 104 valence electrons. The van der Waals surface area contributed by atoms with Gasteiger partial charge in [-0.3, -0.25) is 9.78 Å². The van der Waals surface area contributed by atoms with Gasteiger partial charge in [0.25, 0.3) is 5.56 Å². The fourth-order valence-corrected chi connectivity index (χ4v) is 3.12. The van der Waals surface area contributed by atoms with Crippen LogP contribution in [-0.2, 0) is 0 Å². The minimum absolute atomic E-state index is 0.142. The first-order valence-electron chi connectivity index (χ1n) is 6.79. The van der Waals surface area contributed by atoms with Crippen molar-refractivity contribution in [3.8, 4) is 0 Å². The third kappa shape index (κ3) is 1.28. The third-order valence-corrected chi connectivity index (χ3v) is 4.01. The second-order valence-electron chi connectivity index (χ2n) is 5.24. The summed E-state index contributed by atoms with van der Waals surface area (Å²) in [7, 11) is 0. The number of nitrogens with one attached hydrogen (secondary N) is 2. The van der Waals surface area contributed by atoms with Crippen molar-refractivity contribution >= 4 is 43.7 Å². The van der Waals surface area contributed by atoms with Crippen LogP contribution in [-0.4, -0.2) is 19.9 Å². The Kier molecular flexibility index (Phi) is 1.90. The van der Waals surface area contributed by atoms with Crippen molar-refractivity contribution in [1.29, 1.82) is 0 Å². The van der Waals surface area contributed by atoms with E-state index >= 15 is 0 Å². The molecule has 0 amide bonds. The molecule has 2 heterocycles. The lowest BCUT2D eigenvalue weighted by Crippen LogP contribution is -2.23. The van der Waals surface area contributed by atoms with Crippen LogP contribution in [0.1, 0.15) is 0 Å². The molecule has 3 aromatic carbocycles. The Balaban J connectivity index is 2.18. The number of hydrogen-bond acceptors (Lipinski definition) is 4.